The summed E-state index contributed by atoms with van der Waals surface area (Å²) in [6, 6.07) is 7.26. The number of halogens is 1. The van der Waals surface area contributed by atoms with Crippen molar-refractivity contribution in [3.8, 4) is 11.4 Å². The van der Waals surface area contributed by atoms with E-state index in [4.69, 9.17) is 11.6 Å². The second-order valence-electron chi connectivity index (χ2n) is 6.87. The zero-order chi connectivity index (χ0) is 20.6. The topological polar surface area (TPSA) is 97.1 Å². The van der Waals surface area contributed by atoms with E-state index in [0.717, 1.165) is 5.69 Å². The van der Waals surface area contributed by atoms with Gasteiger partial charge in [0.25, 0.3) is 5.91 Å². The minimum Gasteiger partial charge on any atom is -0.358 e. The summed E-state index contributed by atoms with van der Waals surface area (Å²) < 4.78 is 1.75. The molecule has 10 heteroatoms. The monoisotopic (exact) mass is 427 g/mol. The molecule has 29 heavy (non-hydrogen) atoms. The van der Waals surface area contributed by atoms with Gasteiger partial charge in [0, 0.05) is 24.8 Å². The third-order valence-electron chi connectivity index (χ3n) is 4.39. The second kappa shape index (κ2) is 7.41. The molecule has 4 aromatic heterocycles. The molecule has 0 aliphatic carbocycles. The highest BCUT2D eigenvalue weighted by atomic mass is 35.5. The minimum atomic E-state index is -0.534. The molecule has 0 atom stereocenters. The van der Waals surface area contributed by atoms with Crippen molar-refractivity contribution < 1.29 is 4.79 Å². The van der Waals surface area contributed by atoms with E-state index < -0.39 is 5.54 Å². The van der Waals surface area contributed by atoms with Gasteiger partial charge in [0.05, 0.1) is 16.3 Å². The summed E-state index contributed by atoms with van der Waals surface area (Å²) in [6.07, 6.45) is 3.49. The number of thiazole rings is 1. The molecule has 0 aromatic carbocycles. The van der Waals surface area contributed by atoms with Crippen molar-refractivity contribution in [2.45, 2.75) is 19.4 Å². The first-order valence-corrected chi connectivity index (χ1v) is 10.1. The zero-order valence-corrected chi connectivity index (χ0v) is 17.5. The van der Waals surface area contributed by atoms with Crippen LogP contribution in [0.3, 0.4) is 0 Å². The third kappa shape index (κ3) is 3.66. The van der Waals surface area contributed by atoms with Crippen LogP contribution in [0, 0.1) is 0 Å². The first-order chi connectivity index (χ1) is 13.9. The van der Waals surface area contributed by atoms with Gasteiger partial charge in [-0.1, -0.05) is 11.6 Å². The van der Waals surface area contributed by atoms with Crippen LogP contribution in [0.4, 0.5) is 5.82 Å². The summed E-state index contributed by atoms with van der Waals surface area (Å²) in [5, 5.41) is 16.8. The quantitative estimate of drug-likeness (QED) is 0.505. The molecule has 0 aliphatic heterocycles. The molecule has 0 bridgehead atoms. The van der Waals surface area contributed by atoms with Crippen molar-refractivity contribution in [3.63, 3.8) is 0 Å². The molecule has 0 saturated carbocycles. The molecule has 4 rings (SSSR count). The Bertz CT molecular complexity index is 1180. The Kier molecular flexibility index (Phi) is 4.93. The van der Waals surface area contributed by atoms with Crippen LogP contribution in [-0.2, 0) is 5.54 Å². The normalized spacial score (nSPS) is 11.6. The van der Waals surface area contributed by atoms with E-state index >= 15 is 0 Å². The van der Waals surface area contributed by atoms with Crippen LogP contribution >= 0.6 is 22.9 Å². The molecular formula is C19H18ClN7OS. The van der Waals surface area contributed by atoms with Crippen molar-refractivity contribution in [2.75, 3.05) is 12.4 Å². The molecule has 2 N–H and O–H groups in total. The lowest BCUT2D eigenvalue weighted by molar-refractivity contribution is 0.0957. The van der Waals surface area contributed by atoms with Gasteiger partial charge in [0.1, 0.15) is 22.9 Å². The molecule has 1 amide bonds. The number of anilines is 1. The number of pyridine rings is 1. The van der Waals surface area contributed by atoms with Gasteiger partial charge in [-0.05, 0) is 38.1 Å². The maximum atomic E-state index is 11.9. The number of rotatable bonds is 5. The fourth-order valence-corrected chi connectivity index (χ4v) is 4.17. The van der Waals surface area contributed by atoms with Gasteiger partial charge in [-0.2, -0.15) is 0 Å². The van der Waals surface area contributed by atoms with E-state index in [0.29, 0.717) is 32.9 Å². The standard InChI is InChI=1S/C19H18ClN7OS/c1-19(2,16-11(20)5-4-8-22-16)24-15-7-6-12(25-26-15)13-9-27-14(17(28)21-3)10-29-18(27)23-13/h4-10H,1-3H3,(H,21,28)(H,24,26). The van der Waals surface area contributed by atoms with Crippen LogP contribution < -0.4 is 10.6 Å². The Labute approximate surface area is 176 Å². The van der Waals surface area contributed by atoms with E-state index in [2.05, 4.69) is 30.8 Å². The predicted octanol–water partition coefficient (Wildman–Crippen LogP) is 3.61. The smallest absolute Gasteiger partial charge is 0.268 e. The van der Waals surface area contributed by atoms with Gasteiger partial charge in [-0.15, -0.1) is 21.5 Å². The number of hydrogen-bond acceptors (Lipinski definition) is 7. The van der Waals surface area contributed by atoms with Gasteiger partial charge < -0.3 is 10.6 Å². The average molecular weight is 428 g/mol. The molecule has 0 radical (unpaired) electrons. The number of hydrogen-bond donors (Lipinski definition) is 2. The van der Waals surface area contributed by atoms with Gasteiger partial charge in [0.15, 0.2) is 4.96 Å². The zero-order valence-electron chi connectivity index (χ0n) is 16.0. The highest BCUT2D eigenvalue weighted by Gasteiger charge is 2.25. The molecular weight excluding hydrogens is 410 g/mol. The maximum Gasteiger partial charge on any atom is 0.268 e. The molecule has 0 saturated heterocycles. The first kappa shape index (κ1) is 19.3. The molecule has 0 fully saturated rings. The summed E-state index contributed by atoms with van der Waals surface area (Å²) in [4.78, 5) is 21.6. The largest absolute Gasteiger partial charge is 0.358 e. The number of aromatic nitrogens is 5. The summed E-state index contributed by atoms with van der Waals surface area (Å²) in [7, 11) is 1.60. The first-order valence-electron chi connectivity index (χ1n) is 8.81. The van der Waals surface area contributed by atoms with Crippen LogP contribution in [0.25, 0.3) is 16.3 Å². The molecule has 4 heterocycles. The Balaban J connectivity index is 1.58. The Hall–Kier alpha value is -3.04. The highest BCUT2D eigenvalue weighted by molar-refractivity contribution is 7.15. The fourth-order valence-electron chi connectivity index (χ4n) is 2.96. The Morgan fingerprint density at radius 1 is 1.21 bits per heavy atom. The van der Waals surface area contributed by atoms with Crippen molar-refractivity contribution in [2.24, 2.45) is 0 Å². The summed E-state index contributed by atoms with van der Waals surface area (Å²) in [5.74, 6) is 0.425. The predicted molar refractivity (Wildman–Crippen MR) is 113 cm³/mol. The summed E-state index contributed by atoms with van der Waals surface area (Å²) >= 11 is 7.67. The van der Waals surface area contributed by atoms with Gasteiger partial charge in [-0.25, -0.2) is 4.98 Å². The minimum absolute atomic E-state index is 0.166. The number of nitrogens with zero attached hydrogens (tertiary/aromatic N) is 5. The van der Waals surface area contributed by atoms with Crippen LogP contribution in [0.2, 0.25) is 5.02 Å². The SMILES string of the molecule is CNC(=O)c1csc2nc(-c3ccc(NC(C)(C)c4ncccc4Cl)nn3)cn12. The van der Waals surface area contributed by atoms with E-state index in [-0.39, 0.29) is 5.91 Å². The van der Waals surface area contributed by atoms with Gasteiger partial charge in [0.2, 0.25) is 0 Å². The molecule has 0 spiro atoms. The molecule has 0 unspecified atom stereocenters. The summed E-state index contributed by atoms with van der Waals surface area (Å²) in [6.45, 7) is 3.95. The number of fused-ring (bicyclic) bond motifs is 1. The lowest BCUT2D eigenvalue weighted by Gasteiger charge is -2.26. The number of carbonyl (C=O) groups excluding carboxylic acids is 1. The second-order valence-corrected chi connectivity index (χ2v) is 8.11. The lowest BCUT2D eigenvalue weighted by Crippen LogP contribution is -2.30. The summed E-state index contributed by atoms with van der Waals surface area (Å²) in [5.41, 5.74) is 1.99. The number of amides is 1. The maximum absolute atomic E-state index is 11.9. The van der Waals surface area contributed by atoms with Crippen LogP contribution in [-0.4, -0.2) is 37.5 Å². The van der Waals surface area contributed by atoms with Crippen LogP contribution in [0.5, 0.6) is 0 Å². The molecule has 4 aromatic rings. The molecule has 8 nitrogen and oxygen atoms in total. The third-order valence-corrected chi connectivity index (χ3v) is 5.53. The lowest BCUT2D eigenvalue weighted by atomic mass is 10.00. The van der Waals surface area contributed by atoms with Crippen LogP contribution in [0.1, 0.15) is 30.0 Å². The van der Waals surface area contributed by atoms with Gasteiger partial charge >= 0.3 is 0 Å². The van der Waals surface area contributed by atoms with E-state index in [1.165, 1.54) is 11.3 Å². The van der Waals surface area contributed by atoms with Crippen LogP contribution in [0.15, 0.2) is 42.0 Å². The van der Waals surface area contributed by atoms with E-state index in [1.807, 2.05) is 26.0 Å². The van der Waals surface area contributed by atoms with E-state index in [1.54, 1.807) is 41.4 Å². The van der Waals surface area contributed by atoms with E-state index in [9.17, 15) is 4.79 Å². The molecule has 148 valence electrons. The number of carbonyl (C=O) groups is 1. The Morgan fingerprint density at radius 2 is 2.03 bits per heavy atom. The Morgan fingerprint density at radius 3 is 2.72 bits per heavy atom. The van der Waals surface area contributed by atoms with Crippen molar-refractivity contribution in [3.05, 3.63) is 58.4 Å². The van der Waals surface area contributed by atoms with Crippen molar-refractivity contribution >= 4 is 39.6 Å². The highest BCUT2D eigenvalue weighted by Crippen LogP contribution is 2.29. The number of imidazole rings is 1. The number of nitrogens with one attached hydrogen (secondary N) is 2. The van der Waals surface area contributed by atoms with Gasteiger partial charge in [-0.3, -0.25) is 14.2 Å². The average Bonchev–Trinajstić information content (AvgIpc) is 3.29. The van der Waals surface area contributed by atoms with Crippen molar-refractivity contribution in [1.29, 1.82) is 0 Å². The van der Waals surface area contributed by atoms with Crippen molar-refractivity contribution in [1.82, 2.24) is 29.9 Å². The fraction of sp³-hybridized carbons (Fsp3) is 0.211. The molecule has 0 aliphatic rings.